The monoisotopic (exact) mass is 375 g/mol. The van der Waals surface area contributed by atoms with Gasteiger partial charge in [0.2, 0.25) is 5.91 Å². The van der Waals surface area contributed by atoms with Gasteiger partial charge in [0, 0.05) is 9.77 Å². The molecule has 3 rings (SSSR count). The zero-order valence-corrected chi connectivity index (χ0v) is 14.7. The standard InChI is InChI=1S/C19H15F2NOS2/c20-15-9-8-14(11-16(15)21)25-12-18(23)22-19(17-7-4-10-24-17)13-5-2-1-3-6-13/h1-11,19H,12H2,(H,22,23). The molecule has 0 spiro atoms. The van der Waals surface area contributed by atoms with E-state index in [0.717, 1.165) is 22.6 Å². The normalized spacial score (nSPS) is 11.9. The lowest BCUT2D eigenvalue weighted by atomic mass is 10.1. The van der Waals surface area contributed by atoms with E-state index >= 15 is 0 Å². The highest BCUT2D eigenvalue weighted by Crippen LogP contribution is 2.26. The van der Waals surface area contributed by atoms with Crippen LogP contribution in [0, 0.1) is 11.6 Å². The third kappa shape index (κ3) is 4.67. The highest BCUT2D eigenvalue weighted by molar-refractivity contribution is 8.00. The first-order valence-electron chi connectivity index (χ1n) is 7.59. The Morgan fingerprint density at radius 2 is 1.84 bits per heavy atom. The van der Waals surface area contributed by atoms with E-state index in [4.69, 9.17) is 0 Å². The molecule has 1 N–H and O–H groups in total. The van der Waals surface area contributed by atoms with E-state index in [9.17, 15) is 13.6 Å². The van der Waals surface area contributed by atoms with Crippen molar-refractivity contribution in [2.75, 3.05) is 5.75 Å². The second kappa shape index (κ2) is 8.27. The molecule has 0 fully saturated rings. The van der Waals surface area contributed by atoms with Gasteiger partial charge in [-0.05, 0) is 35.2 Å². The number of thioether (sulfide) groups is 1. The van der Waals surface area contributed by atoms with Gasteiger partial charge in [-0.3, -0.25) is 4.79 Å². The Bertz CT molecular complexity index is 838. The van der Waals surface area contributed by atoms with Gasteiger partial charge >= 0.3 is 0 Å². The number of benzene rings is 2. The van der Waals surface area contributed by atoms with Gasteiger partial charge in [0.25, 0.3) is 0 Å². The quantitative estimate of drug-likeness (QED) is 0.613. The smallest absolute Gasteiger partial charge is 0.231 e. The lowest BCUT2D eigenvalue weighted by Gasteiger charge is -2.18. The van der Waals surface area contributed by atoms with Crippen molar-refractivity contribution in [3.8, 4) is 0 Å². The van der Waals surface area contributed by atoms with Crippen LogP contribution in [0.4, 0.5) is 8.78 Å². The van der Waals surface area contributed by atoms with E-state index in [-0.39, 0.29) is 17.7 Å². The zero-order valence-electron chi connectivity index (χ0n) is 13.1. The maximum Gasteiger partial charge on any atom is 0.231 e. The fraction of sp³-hybridized carbons (Fsp3) is 0.105. The average Bonchev–Trinajstić information content (AvgIpc) is 3.16. The van der Waals surface area contributed by atoms with Gasteiger partial charge in [-0.2, -0.15) is 0 Å². The van der Waals surface area contributed by atoms with Crippen LogP contribution in [-0.4, -0.2) is 11.7 Å². The van der Waals surface area contributed by atoms with Crippen LogP contribution in [0.1, 0.15) is 16.5 Å². The lowest BCUT2D eigenvalue weighted by Crippen LogP contribution is -2.30. The van der Waals surface area contributed by atoms with Gasteiger partial charge in [-0.1, -0.05) is 36.4 Å². The SMILES string of the molecule is O=C(CSc1ccc(F)c(F)c1)NC(c1ccccc1)c1cccs1. The maximum atomic E-state index is 13.2. The van der Waals surface area contributed by atoms with E-state index in [0.29, 0.717) is 4.90 Å². The van der Waals surface area contributed by atoms with Crippen molar-refractivity contribution in [1.29, 1.82) is 0 Å². The number of hydrogen-bond donors (Lipinski definition) is 1. The second-order valence-electron chi connectivity index (χ2n) is 5.29. The molecule has 2 aromatic carbocycles. The van der Waals surface area contributed by atoms with Crippen LogP contribution in [0.25, 0.3) is 0 Å². The number of halogens is 2. The van der Waals surface area contributed by atoms with Crippen LogP contribution in [0.2, 0.25) is 0 Å². The molecule has 1 heterocycles. The molecule has 1 amide bonds. The molecule has 0 bridgehead atoms. The van der Waals surface area contributed by atoms with Gasteiger partial charge in [0.15, 0.2) is 11.6 Å². The highest BCUT2D eigenvalue weighted by atomic mass is 32.2. The van der Waals surface area contributed by atoms with Crippen LogP contribution >= 0.6 is 23.1 Å². The first-order chi connectivity index (χ1) is 12.1. The predicted octanol–water partition coefficient (Wildman–Crippen LogP) is 5.02. The minimum atomic E-state index is -0.911. The third-order valence-electron chi connectivity index (χ3n) is 3.53. The Labute approximate surface area is 152 Å². The Kier molecular flexibility index (Phi) is 5.83. The Balaban J connectivity index is 1.67. The van der Waals surface area contributed by atoms with Crippen molar-refractivity contribution in [3.05, 3.63) is 88.1 Å². The number of thiophene rings is 1. The molecule has 128 valence electrons. The molecule has 25 heavy (non-hydrogen) atoms. The Morgan fingerprint density at radius 3 is 2.52 bits per heavy atom. The molecule has 0 aliphatic carbocycles. The first-order valence-corrected chi connectivity index (χ1v) is 9.45. The number of hydrogen-bond acceptors (Lipinski definition) is 3. The third-order valence-corrected chi connectivity index (χ3v) is 5.46. The van der Waals surface area contributed by atoms with Crippen LogP contribution in [-0.2, 0) is 4.79 Å². The van der Waals surface area contributed by atoms with E-state index in [1.165, 1.54) is 17.8 Å². The number of rotatable bonds is 6. The summed E-state index contributed by atoms with van der Waals surface area (Å²) in [4.78, 5) is 13.9. The summed E-state index contributed by atoms with van der Waals surface area (Å²) in [5.41, 5.74) is 0.996. The van der Waals surface area contributed by atoms with E-state index < -0.39 is 11.6 Å². The topological polar surface area (TPSA) is 29.1 Å². The molecule has 0 radical (unpaired) electrons. The lowest BCUT2D eigenvalue weighted by molar-refractivity contribution is -0.119. The molecular formula is C19H15F2NOS2. The highest BCUT2D eigenvalue weighted by Gasteiger charge is 2.17. The minimum Gasteiger partial charge on any atom is -0.344 e. The molecule has 3 aromatic rings. The molecular weight excluding hydrogens is 360 g/mol. The molecule has 0 saturated carbocycles. The Hall–Kier alpha value is -2.18. The number of nitrogens with one attached hydrogen (secondary N) is 1. The summed E-state index contributed by atoms with van der Waals surface area (Å²) in [5, 5.41) is 4.98. The summed E-state index contributed by atoms with van der Waals surface area (Å²) in [5.74, 6) is -1.85. The molecule has 1 aromatic heterocycles. The first kappa shape index (κ1) is 17.6. The van der Waals surface area contributed by atoms with Gasteiger partial charge in [0.05, 0.1) is 11.8 Å². The van der Waals surface area contributed by atoms with Crippen molar-refractivity contribution < 1.29 is 13.6 Å². The van der Waals surface area contributed by atoms with Gasteiger partial charge in [-0.25, -0.2) is 8.78 Å². The van der Waals surface area contributed by atoms with Crippen molar-refractivity contribution in [2.24, 2.45) is 0 Å². The van der Waals surface area contributed by atoms with Crippen LogP contribution in [0.5, 0.6) is 0 Å². The fourth-order valence-corrected chi connectivity index (χ4v) is 3.87. The van der Waals surface area contributed by atoms with Gasteiger partial charge < -0.3 is 5.32 Å². The molecule has 1 atom stereocenters. The largest absolute Gasteiger partial charge is 0.344 e. The molecule has 2 nitrogen and oxygen atoms in total. The van der Waals surface area contributed by atoms with E-state index in [1.807, 2.05) is 47.8 Å². The molecule has 0 aliphatic rings. The van der Waals surface area contributed by atoms with Crippen molar-refractivity contribution in [2.45, 2.75) is 10.9 Å². The van der Waals surface area contributed by atoms with Crippen molar-refractivity contribution >= 4 is 29.0 Å². The summed E-state index contributed by atoms with van der Waals surface area (Å²) >= 11 is 2.74. The van der Waals surface area contributed by atoms with E-state index in [2.05, 4.69) is 5.32 Å². The summed E-state index contributed by atoms with van der Waals surface area (Å²) in [6, 6.07) is 17.0. The number of carbonyl (C=O) groups is 1. The molecule has 1 unspecified atom stereocenters. The molecule has 0 saturated heterocycles. The maximum absolute atomic E-state index is 13.2. The molecule has 0 aliphatic heterocycles. The van der Waals surface area contributed by atoms with Gasteiger partial charge in [0.1, 0.15) is 0 Å². The summed E-state index contributed by atoms with van der Waals surface area (Å²) in [6.45, 7) is 0. The minimum absolute atomic E-state index is 0.125. The van der Waals surface area contributed by atoms with Crippen LogP contribution < -0.4 is 5.32 Å². The zero-order chi connectivity index (χ0) is 17.6. The summed E-state index contributed by atoms with van der Waals surface area (Å²) in [7, 11) is 0. The molecule has 6 heteroatoms. The summed E-state index contributed by atoms with van der Waals surface area (Å²) < 4.78 is 26.2. The number of carbonyl (C=O) groups excluding carboxylic acids is 1. The van der Waals surface area contributed by atoms with Gasteiger partial charge in [-0.15, -0.1) is 23.1 Å². The average molecular weight is 375 g/mol. The van der Waals surface area contributed by atoms with Crippen molar-refractivity contribution in [3.63, 3.8) is 0 Å². The van der Waals surface area contributed by atoms with E-state index in [1.54, 1.807) is 11.3 Å². The number of amides is 1. The summed E-state index contributed by atoms with van der Waals surface area (Å²) in [6.07, 6.45) is 0. The van der Waals surface area contributed by atoms with Crippen LogP contribution in [0.15, 0.2) is 70.9 Å². The Morgan fingerprint density at radius 1 is 1.04 bits per heavy atom. The van der Waals surface area contributed by atoms with Crippen molar-refractivity contribution in [1.82, 2.24) is 5.32 Å². The van der Waals surface area contributed by atoms with Crippen LogP contribution in [0.3, 0.4) is 0 Å². The second-order valence-corrected chi connectivity index (χ2v) is 7.32. The fourth-order valence-electron chi connectivity index (χ4n) is 2.34. The predicted molar refractivity (Wildman–Crippen MR) is 97.8 cm³/mol.